The molecule has 0 spiro atoms. The fourth-order valence-corrected chi connectivity index (χ4v) is 3.96. The lowest BCUT2D eigenvalue weighted by Gasteiger charge is -2.09. The lowest BCUT2D eigenvalue weighted by Crippen LogP contribution is -2.29. The number of ether oxygens (including phenoxy) is 1. The maximum absolute atomic E-state index is 12.1. The van der Waals surface area contributed by atoms with E-state index in [1.54, 1.807) is 30.3 Å². The van der Waals surface area contributed by atoms with E-state index in [9.17, 15) is 4.79 Å². The Hall–Kier alpha value is -1.02. The van der Waals surface area contributed by atoms with Crippen molar-refractivity contribution >= 4 is 67.2 Å². The van der Waals surface area contributed by atoms with Crippen LogP contribution in [0.3, 0.4) is 0 Å². The van der Waals surface area contributed by atoms with Gasteiger partial charge < -0.3 is 9.15 Å². The molecule has 0 bridgehead atoms. The molecule has 5 nitrogen and oxygen atoms in total. The SMILES string of the molecule is CC1(C(=O)NN=Cc2ccc(COc3ccc(Cl)c(Cl)c3)o2)CC1(Br)Br. The smallest absolute Gasteiger partial charge is 0.248 e. The normalized spacial score (nSPS) is 21.0. The molecule has 0 aliphatic heterocycles. The van der Waals surface area contributed by atoms with Crippen molar-refractivity contribution in [3.63, 3.8) is 0 Å². The molecule has 1 atom stereocenters. The van der Waals surface area contributed by atoms with Crippen molar-refractivity contribution < 1.29 is 13.9 Å². The average molecular weight is 525 g/mol. The summed E-state index contributed by atoms with van der Waals surface area (Å²) in [7, 11) is 0. The van der Waals surface area contributed by atoms with Gasteiger partial charge in [-0.25, -0.2) is 5.43 Å². The Balaban J connectivity index is 1.51. The fourth-order valence-electron chi connectivity index (χ4n) is 2.19. The van der Waals surface area contributed by atoms with Crippen LogP contribution in [0, 0.1) is 5.41 Å². The number of halogens is 4. The van der Waals surface area contributed by atoms with Crippen LogP contribution in [0.15, 0.2) is 39.9 Å². The number of hydrogen-bond acceptors (Lipinski definition) is 4. The average Bonchev–Trinajstić information content (AvgIpc) is 2.93. The molecule has 1 unspecified atom stereocenters. The van der Waals surface area contributed by atoms with Gasteiger partial charge >= 0.3 is 0 Å². The van der Waals surface area contributed by atoms with Crippen molar-refractivity contribution in [2.24, 2.45) is 10.5 Å². The maximum atomic E-state index is 12.1. The number of alkyl halides is 2. The number of carbonyl (C=O) groups is 1. The van der Waals surface area contributed by atoms with Gasteiger partial charge in [0.05, 0.1) is 24.9 Å². The summed E-state index contributed by atoms with van der Waals surface area (Å²) in [5, 5.41) is 4.82. The van der Waals surface area contributed by atoms with Crippen LogP contribution < -0.4 is 10.2 Å². The van der Waals surface area contributed by atoms with E-state index in [1.165, 1.54) is 6.21 Å². The summed E-state index contributed by atoms with van der Waals surface area (Å²) < 4.78 is 10.8. The summed E-state index contributed by atoms with van der Waals surface area (Å²) >= 11 is 18.7. The highest BCUT2D eigenvalue weighted by Crippen LogP contribution is 2.66. The third-order valence-corrected chi connectivity index (χ3v) is 7.12. The van der Waals surface area contributed by atoms with Crippen molar-refractivity contribution in [3.05, 3.63) is 51.9 Å². The van der Waals surface area contributed by atoms with Crippen molar-refractivity contribution in [2.75, 3.05) is 0 Å². The van der Waals surface area contributed by atoms with Gasteiger partial charge in [-0.05, 0) is 37.6 Å². The van der Waals surface area contributed by atoms with E-state index in [0.29, 0.717) is 33.7 Å². The largest absolute Gasteiger partial charge is 0.486 e. The van der Waals surface area contributed by atoms with Crippen LogP contribution in [0.25, 0.3) is 0 Å². The standard InChI is InChI=1S/C17H14Br2Cl2N2O3/c1-16(9-17(16,18)19)15(24)23-22-7-11-2-3-12(26-11)8-25-10-4-5-13(20)14(21)6-10/h2-7H,8-9H2,1H3,(H,23,24). The molecule has 0 saturated heterocycles. The molecule has 1 aliphatic carbocycles. The van der Waals surface area contributed by atoms with E-state index in [2.05, 4.69) is 42.4 Å². The van der Waals surface area contributed by atoms with Crippen LogP contribution in [0.5, 0.6) is 5.75 Å². The zero-order valence-corrected chi connectivity index (χ0v) is 18.2. The summed E-state index contributed by atoms with van der Waals surface area (Å²) in [5.41, 5.74) is 2.00. The molecule has 1 saturated carbocycles. The van der Waals surface area contributed by atoms with E-state index < -0.39 is 5.41 Å². The fraction of sp³-hybridized carbons (Fsp3) is 0.294. The van der Waals surface area contributed by atoms with Gasteiger partial charge in [0.15, 0.2) is 0 Å². The molecule has 26 heavy (non-hydrogen) atoms. The third kappa shape index (κ3) is 4.27. The highest BCUT2D eigenvalue weighted by molar-refractivity contribution is 9.25. The number of rotatable bonds is 6. The molecule has 1 aromatic heterocycles. The Kier molecular flexibility index (Phi) is 5.72. The van der Waals surface area contributed by atoms with Gasteiger partial charge in [-0.15, -0.1) is 0 Å². The summed E-state index contributed by atoms with van der Waals surface area (Å²) in [4.78, 5) is 12.1. The Labute approximate surface area is 177 Å². The minimum Gasteiger partial charge on any atom is -0.486 e. The van der Waals surface area contributed by atoms with Crippen molar-refractivity contribution in [3.8, 4) is 5.75 Å². The van der Waals surface area contributed by atoms with E-state index in [4.69, 9.17) is 32.4 Å². The van der Waals surface area contributed by atoms with Crippen LogP contribution >= 0.6 is 55.1 Å². The quantitative estimate of drug-likeness (QED) is 0.308. The third-order valence-electron chi connectivity index (χ3n) is 4.07. The minimum atomic E-state index is -0.521. The Morgan fingerprint density at radius 1 is 1.35 bits per heavy atom. The van der Waals surface area contributed by atoms with Gasteiger partial charge in [-0.1, -0.05) is 55.1 Å². The van der Waals surface area contributed by atoms with Crippen molar-refractivity contribution in [1.82, 2.24) is 5.43 Å². The highest BCUT2D eigenvalue weighted by Gasteiger charge is 2.66. The number of carbonyl (C=O) groups excluding carboxylic acids is 1. The topological polar surface area (TPSA) is 63.8 Å². The molecule has 3 rings (SSSR count). The van der Waals surface area contributed by atoms with Crippen LogP contribution in [0.2, 0.25) is 10.0 Å². The molecule has 1 amide bonds. The zero-order valence-electron chi connectivity index (χ0n) is 13.6. The first-order valence-electron chi connectivity index (χ1n) is 7.59. The second kappa shape index (κ2) is 7.54. The number of hydrazone groups is 1. The number of hydrogen-bond donors (Lipinski definition) is 1. The Morgan fingerprint density at radius 2 is 2.08 bits per heavy atom. The predicted octanol–water partition coefficient (Wildman–Crippen LogP) is 5.51. The molecule has 1 heterocycles. The molecular formula is C17H14Br2Cl2N2O3. The molecule has 1 fully saturated rings. The van der Waals surface area contributed by atoms with Gasteiger partial charge in [-0.2, -0.15) is 5.10 Å². The first-order valence-corrected chi connectivity index (χ1v) is 9.93. The molecule has 1 aromatic carbocycles. The molecule has 9 heteroatoms. The second-order valence-corrected chi connectivity index (χ2v) is 10.7. The lowest BCUT2D eigenvalue weighted by molar-refractivity contribution is -0.125. The Morgan fingerprint density at radius 3 is 2.73 bits per heavy atom. The second-order valence-electron chi connectivity index (χ2n) is 6.08. The van der Waals surface area contributed by atoms with Crippen molar-refractivity contribution in [2.45, 2.75) is 23.2 Å². The summed E-state index contributed by atoms with van der Waals surface area (Å²) in [5.74, 6) is 1.53. The summed E-state index contributed by atoms with van der Waals surface area (Å²) in [6.45, 7) is 2.08. The summed E-state index contributed by atoms with van der Waals surface area (Å²) in [6.07, 6.45) is 2.13. The van der Waals surface area contributed by atoms with E-state index in [-0.39, 0.29) is 15.7 Å². The van der Waals surface area contributed by atoms with Crippen LogP contribution in [0.1, 0.15) is 24.9 Å². The first-order chi connectivity index (χ1) is 12.2. The van der Waals surface area contributed by atoms with E-state index in [0.717, 1.165) is 0 Å². The highest BCUT2D eigenvalue weighted by atomic mass is 79.9. The van der Waals surface area contributed by atoms with Crippen LogP contribution in [0.4, 0.5) is 0 Å². The molecule has 2 aromatic rings. The molecule has 1 aliphatic rings. The van der Waals surface area contributed by atoms with E-state index >= 15 is 0 Å². The molecule has 138 valence electrons. The van der Waals surface area contributed by atoms with E-state index in [1.807, 2.05) is 6.92 Å². The van der Waals surface area contributed by atoms with Gasteiger partial charge in [0.1, 0.15) is 23.9 Å². The monoisotopic (exact) mass is 522 g/mol. The number of amides is 1. The summed E-state index contributed by atoms with van der Waals surface area (Å²) in [6, 6.07) is 8.53. The maximum Gasteiger partial charge on any atom is 0.248 e. The predicted molar refractivity (Wildman–Crippen MR) is 109 cm³/mol. The molecule has 0 radical (unpaired) electrons. The first kappa shape index (κ1) is 19.7. The van der Waals surface area contributed by atoms with Gasteiger partial charge in [-0.3, -0.25) is 4.79 Å². The lowest BCUT2D eigenvalue weighted by atomic mass is 10.1. The molecular weight excluding hydrogens is 511 g/mol. The Bertz CT molecular complexity index is 869. The molecule has 1 N–H and O–H groups in total. The van der Waals surface area contributed by atoms with Gasteiger partial charge in [0.2, 0.25) is 5.91 Å². The van der Waals surface area contributed by atoms with Gasteiger partial charge in [0, 0.05) is 6.07 Å². The van der Waals surface area contributed by atoms with Crippen LogP contribution in [-0.2, 0) is 11.4 Å². The minimum absolute atomic E-state index is 0.169. The zero-order chi connectivity index (χ0) is 18.9. The number of nitrogens with zero attached hydrogens (tertiary/aromatic N) is 1. The number of nitrogens with one attached hydrogen (secondary N) is 1. The number of benzene rings is 1. The van der Waals surface area contributed by atoms with Gasteiger partial charge in [0.25, 0.3) is 0 Å². The van der Waals surface area contributed by atoms with Crippen molar-refractivity contribution in [1.29, 1.82) is 0 Å². The van der Waals surface area contributed by atoms with Crippen LogP contribution in [-0.4, -0.2) is 15.4 Å². The number of furan rings is 1.